The van der Waals surface area contributed by atoms with Gasteiger partial charge < -0.3 is 4.90 Å². The number of likely N-dealkylation sites (tertiary alicyclic amines) is 1. The molecule has 0 unspecified atom stereocenters. The smallest absolute Gasteiger partial charge is 0.233 e. The zero-order valence-corrected chi connectivity index (χ0v) is 10.9. The highest BCUT2D eigenvalue weighted by atomic mass is 16.2. The second-order valence-electron chi connectivity index (χ2n) is 5.31. The maximum atomic E-state index is 11.9. The van der Waals surface area contributed by atoms with Gasteiger partial charge in [0, 0.05) is 42.7 Å². The standard InChI is InChI=1S/C15H16N2O2/c1-10-3-6-17(7-4-10)13-8-14(18)15(19)11-2-5-16-9-12(11)13/h2,5,8-10H,3-4,6-7H2,1H3. The molecule has 0 atom stereocenters. The Labute approximate surface area is 112 Å². The lowest BCUT2D eigenvalue weighted by molar-refractivity contribution is -0.111. The van der Waals surface area contributed by atoms with E-state index in [9.17, 15) is 9.59 Å². The van der Waals surface area contributed by atoms with E-state index in [0.29, 0.717) is 5.56 Å². The fourth-order valence-corrected chi connectivity index (χ4v) is 2.71. The van der Waals surface area contributed by atoms with Crippen LogP contribution in [0.15, 0.2) is 24.5 Å². The van der Waals surface area contributed by atoms with Gasteiger partial charge in [-0.15, -0.1) is 0 Å². The molecule has 2 aliphatic rings. The van der Waals surface area contributed by atoms with Crippen LogP contribution >= 0.6 is 0 Å². The lowest BCUT2D eigenvalue weighted by atomic mass is 9.91. The summed E-state index contributed by atoms with van der Waals surface area (Å²) in [5, 5.41) is 0. The molecule has 0 bridgehead atoms. The number of nitrogens with zero attached hydrogens (tertiary/aromatic N) is 2. The first-order chi connectivity index (χ1) is 9.16. The number of allylic oxidation sites excluding steroid dienone is 1. The summed E-state index contributed by atoms with van der Waals surface area (Å²) in [5.74, 6) is -0.120. The van der Waals surface area contributed by atoms with E-state index < -0.39 is 11.6 Å². The summed E-state index contributed by atoms with van der Waals surface area (Å²) < 4.78 is 0. The lowest BCUT2D eigenvalue weighted by Crippen LogP contribution is -2.34. The van der Waals surface area contributed by atoms with Gasteiger partial charge in [-0.2, -0.15) is 0 Å². The second-order valence-corrected chi connectivity index (χ2v) is 5.31. The normalized spacial score (nSPS) is 20.3. The summed E-state index contributed by atoms with van der Waals surface area (Å²) >= 11 is 0. The van der Waals surface area contributed by atoms with Gasteiger partial charge in [-0.05, 0) is 24.8 Å². The van der Waals surface area contributed by atoms with Crippen molar-refractivity contribution >= 4 is 17.3 Å². The molecular weight excluding hydrogens is 240 g/mol. The summed E-state index contributed by atoms with van der Waals surface area (Å²) in [5.41, 5.74) is 2.14. The van der Waals surface area contributed by atoms with Crippen LogP contribution in [0.4, 0.5) is 0 Å². The second kappa shape index (κ2) is 4.61. The van der Waals surface area contributed by atoms with Crippen LogP contribution in [0.2, 0.25) is 0 Å². The molecule has 1 saturated heterocycles. The summed E-state index contributed by atoms with van der Waals surface area (Å²) in [6, 6.07) is 1.63. The van der Waals surface area contributed by atoms with Crippen molar-refractivity contribution in [1.29, 1.82) is 0 Å². The molecule has 3 rings (SSSR count). The van der Waals surface area contributed by atoms with Crippen LogP contribution < -0.4 is 0 Å². The SMILES string of the molecule is CC1CCN(C2=CC(=O)C(=O)c3ccncc32)CC1. The van der Waals surface area contributed by atoms with E-state index in [-0.39, 0.29) is 0 Å². The Balaban J connectivity index is 1.99. The van der Waals surface area contributed by atoms with Gasteiger partial charge in [0.25, 0.3) is 0 Å². The van der Waals surface area contributed by atoms with Gasteiger partial charge in [0.2, 0.25) is 11.6 Å². The number of pyridine rings is 1. The quantitative estimate of drug-likeness (QED) is 0.720. The predicted molar refractivity (Wildman–Crippen MR) is 71.5 cm³/mol. The van der Waals surface area contributed by atoms with Crippen LogP contribution in [0.3, 0.4) is 0 Å². The van der Waals surface area contributed by atoms with Crippen molar-refractivity contribution in [3.63, 3.8) is 0 Å². The molecule has 2 heterocycles. The number of rotatable bonds is 1. The third kappa shape index (κ3) is 2.07. The molecule has 0 aromatic carbocycles. The molecule has 1 aromatic heterocycles. The Morgan fingerprint density at radius 3 is 2.68 bits per heavy atom. The van der Waals surface area contributed by atoms with E-state index in [4.69, 9.17) is 0 Å². The van der Waals surface area contributed by atoms with Crippen molar-refractivity contribution < 1.29 is 9.59 Å². The Morgan fingerprint density at radius 2 is 1.95 bits per heavy atom. The molecule has 0 saturated carbocycles. The molecule has 0 amide bonds. The first-order valence-electron chi connectivity index (χ1n) is 6.66. The van der Waals surface area contributed by atoms with E-state index in [1.165, 1.54) is 6.08 Å². The number of hydrogen-bond acceptors (Lipinski definition) is 4. The highest BCUT2D eigenvalue weighted by molar-refractivity contribution is 6.50. The third-order valence-corrected chi connectivity index (χ3v) is 3.96. The Kier molecular flexibility index (Phi) is 2.93. The topological polar surface area (TPSA) is 50.3 Å². The molecule has 0 N–H and O–H groups in total. The molecule has 1 aliphatic carbocycles. The first kappa shape index (κ1) is 12.1. The van der Waals surface area contributed by atoms with E-state index in [2.05, 4.69) is 16.8 Å². The average Bonchev–Trinajstić information content (AvgIpc) is 2.44. The molecule has 1 aliphatic heterocycles. The minimum absolute atomic E-state index is 0.424. The van der Waals surface area contributed by atoms with Crippen molar-refractivity contribution in [3.05, 3.63) is 35.7 Å². The minimum atomic E-state index is -0.425. The largest absolute Gasteiger partial charge is 0.371 e. The number of Topliss-reactive ketones (excluding diaryl/α,β-unsaturated/α-hetero) is 1. The van der Waals surface area contributed by atoms with Crippen LogP contribution in [-0.4, -0.2) is 34.5 Å². The van der Waals surface area contributed by atoms with Crippen LogP contribution in [0, 0.1) is 5.92 Å². The number of carbonyl (C=O) groups excluding carboxylic acids is 2. The number of hydrogen-bond donors (Lipinski definition) is 0. The van der Waals surface area contributed by atoms with Crippen LogP contribution in [0.1, 0.15) is 35.7 Å². The van der Waals surface area contributed by atoms with Crippen LogP contribution in [0.25, 0.3) is 5.70 Å². The predicted octanol–water partition coefficient (Wildman–Crippen LogP) is 1.92. The molecule has 0 radical (unpaired) electrons. The maximum absolute atomic E-state index is 11.9. The van der Waals surface area contributed by atoms with Crippen molar-refractivity contribution in [2.24, 2.45) is 5.92 Å². The maximum Gasteiger partial charge on any atom is 0.233 e. The molecule has 1 fully saturated rings. The highest BCUT2D eigenvalue weighted by Crippen LogP contribution is 2.30. The summed E-state index contributed by atoms with van der Waals surface area (Å²) in [4.78, 5) is 29.9. The minimum Gasteiger partial charge on any atom is -0.371 e. The van der Waals surface area contributed by atoms with Crippen molar-refractivity contribution in [2.45, 2.75) is 19.8 Å². The van der Waals surface area contributed by atoms with Gasteiger partial charge in [0.15, 0.2) is 0 Å². The van der Waals surface area contributed by atoms with Crippen LogP contribution in [-0.2, 0) is 4.79 Å². The Hall–Kier alpha value is -1.97. The number of carbonyl (C=O) groups is 2. The fraction of sp³-hybridized carbons (Fsp3) is 0.400. The number of ketones is 2. The Bertz CT molecular complexity index is 569. The first-order valence-corrected chi connectivity index (χ1v) is 6.66. The summed E-state index contributed by atoms with van der Waals surface area (Å²) in [7, 11) is 0. The summed E-state index contributed by atoms with van der Waals surface area (Å²) in [6.07, 6.45) is 6.96. The van der Waals surface area contributed by atoms with Crippen LogP contribution in [0.5, 0.6) is 0 Å². The van der Waals surface area contributed by atoms with E-state index in [0.717, 1.165) is 43.1 Å². The molecule has 0 spiro atoms. The van der Waals surface area contributed by atoms with Crippen molar-refractivity contribution in [3.8, 4) is 0 Å². The van der Waals surface area contributed by atoms with E-state index >= 15 is 0 Å². The van der Waals surface area contributed by atoms with Gasteiger partial charge in [-0.3, -0.25) is 14.6 Å². The zero-order chi connectivity index (χ0) is 13.4. The molecule has 19 heavy (non-hydrogen) atoms. The fourth-order valence-electron chi connectivity index (χ4n) is 2.71. The molecule has 4 nitrogen and oxygen atoms in total. The summed E-state index contributed by atoms with van der Waals surface area (Å²) in [6.45, 7) is 4.11. The number of fused-ring (bicyclic) bond motifs is 1. The molecular formula is C15H16N2O2. The lowest BCUT2D eigenvalue weighted by Gasteiger charge is -2.35. The monoisotopic (exact) mass is 256 g/mol. The van der Waals surface area contributed by atoms with Crippen molar-refractivity contribution in [1.82, 2.24) is 9.88 Å². The van der Waals surface area contributed by atoms with Gasteiger partial charge in [0.05, 0.1) is 5.70 Å². The number of aromatic nitrogens is 1. The Morgan fingerprint density at radius 1 is 1.21 bits per heavy atom. The van der Waals surface area contributed by atoms with E-state index in [1.54, 1.807) is 18.5 Å². The molecule has 4 heteroatoms. The van der Waals surface area contributed by atoms with Gasteiger partial charge >= 0.3 is 0 Å². The average molecular weight is 256 g/mol. The van der Waals surface area contributed by atoms with Gasteiger partial charge in [-0.1, -0.05) is 6.92 Å². The number of piperidine rings is 1. The van der Waals surface area contributed by atoms with Gasteiger partial charge in [0.1, 0.15) is 0 Å². The van der Waals surface area contributed by atoms with Gasteiger partial charge in [-0.25, -0.2) is 0 Å². The van der Waals surface area contributed by atoms with E-state index in [1.807, 2.05) is 0 Å². The van der Waals surface area contributed by atoms with Crippen molar-refractivity contribution in [2.75, 3.05) is 13.1 Å². The highest BCUT2D eigenvalue weighted by Gasteiger charge is 2.29. The third-order valence-electron chi connectivity index (χ3n) is 3.96. The molecule has 1 aromatic rings. The molecule has 98 valence electrons. The zero-order valence-electron chi connectivity index (χ0n) is 10.9.